The molecular weight excluding hydrogens is 346 g/mol. The van der Waals surface area contributed by atoms with E-state index >= 15 is 0 Å². The third-order valence-corrected chi connectivity index (χ3v) is 5.46. The summed E-state index contributed by atoms with van der Waals surface area (Å²) in [6.45, 7) is 8.03. The van der Waals surface area contributed by atoms with E-state index in [-0.39, 0.29) is 43.5 Å². The maximum absolute atomic E-state index is 12.7. The number of hydrogen-bond donors (Lipinski definition) is 2. The lowest BCUT2D eigenvalue weighted by Crippen LogP contribution is -2.51. The van der Waals surface area contributed by atoms with Gasteiger partial charge in [-0.2, -0.15) is 0 Å². The molecule has 1 saturated carbocycles. The quantitative estimate of drug-likeness (QED) is 0.455. The van der Waals surface area contributed by atoms with E-state index in [9.17, 15) is 14.4 Å². The fourth-order valence-corrected chi connectivity index (χ4v) is 3.46. The predicted octanol–water partition coefficient (Wildman–Crippen LogP) is -0.225. The van der Waals surface area contributed by atoms with Crippen molar-refractivity contribution in [3.8, 4) is 0 Å². The van der Waals surface area contributed by atoms with Gasteiger partial charge in [0.2, 0.25) is 17.7 Å². The number of carbonyl (C=O) groups excluding carboxylic acids is 3. The van der Waals surface area contributed by atoms with E-state index in [1.54, 1.807) is 4.90 Å². The van der Waals surface area contributed by atoms with Crippen LogP contribution >= 0.6 is 0 Å². The van der Waals surface area contributed by atoms with E-state index in [2.05, 4.69) is 10.2 Å². The molecule has 1 aliphatic heterocycles. The van der Waals surface area contributed by atoms with Gasteiger partial charge in [-0.05, 0) is 52.1 Å². The lowest BCUT2D eigenvalue weighted by molar-refractivity contribution is -0.143. The smallest absolute Gasteiger partial charge is 0.242 e. The molecule has 0 aromatic rings. The zero-order chi connectivity index (χ0) is 19.8. The number of nitrogens with one attached hydrogen (secondary N) is 1. The molecule has 0 aromatic heterocycles. The minimum Gasteiger partial charge on any atom is -0.368 e. The van der Waals surface area contributed by atoms with Gasteiger partial charge >= 0.3 is 0 Å². The molecule has 0 unspecified atom stereocenters. The van der Waals surface area contributed by atoms with Gasteiger partial charge < -0.3 is 25.8 Å². The fraction of sp³-hybridized carbons (Fsp3) is 0.842. The standard InChI is InChI=1S/C19H35N5O3/c1-3-15(2)23(13-17(20)25)19(27)14-24(16-6-7-16)18(26)12-21-8-11-22-9-4-5-10-22/h15-16,21H,3-14H2,1-2H3,(H2,20,25)/t15-/m0/s1. The van der Waals surface area contributed by atoms with Gasteiger partial charge in [-0.15, -0.1) is 0 Å². The summed E-state index contributed by atoms with van der Waals surface area (Å²) in [6, 6.07) is 0.0638. The first-order chi connectivity index (χ1) is 12.9. The van der Waals surface area contributed by atoms with E-state index in [0.29, 0.717) is 0 Å². The SMILES string of the molecule is CC[C@H](C)N(CC(N)=O)C(=O)CN(C(=O)CNCCN1CCCC1)C1CC1. The molecule has 0 aromatic carbocycles. The van der Waals surface area contributed by atoms with Crippen LogP contribution in [0.25, 0.3) is 0 Å². The molecule has 27 heavy (non-hydrogen) atoms. The Labute approximate surface area is 162 Å². The summed E-state index contributed by atoms with van der Waals surface area (Å²) in [4.78, 5) is 42.2. The Balaban J connectivity index is 1.82. The third kappa shape index (κ3) is 7.10. The van der Waals surface area contributed by atoms with Crippen molar-refractivity contribution in [2.75, 3.05) is 45.8 Å². The van der Waals surface area contributed by atoms with Crippen LogP contribution in [0.5, 0.6) is 0 Å². The van der Waals surface area contributed by atoms with Crippen LogP contribution in [0.1, 0.15) is 46.0 Å². The van der Waals surface area contributed by atoms with Crippen molar-refractivity contribution in [1.29, 1.82) is 0 Å². The largest absolute Gasteiger partial charge is 0.368 e. The molecular formula is C19H35N5O3. The summed E-state index contributed by atoms with van der Waals surface area (Å²) >= 11 is 0. The summed E-state index contributed by atoms with van der Waals surface area (Å²) in [6.07, 6.45) is 5.12. The number of primary amides is 1. The Morgan fingerprint density at radius 1 is 1.15 bits per heavy atom. The molecule has 2 fully saturated rings. The maximum Gasteiger partial charge on any atom is 0.242 e. The van der Waals surface area contributed by atoms with Crippen LogP contribution in [0.15, 0.2) is 0 Å². The number of amides is 3. The van der Waals surface area contributed by atoms with Crippen LogP contribution in [-0.4, -0.2) is 90.3 Å². The molecule has 1 atom stereocenters. The lowest BCUT2D eigenvalue weighted by atomic mass is 10.2. The highest BCUT2D eigenvalue weighted by Gasteiger charge is 2.35. The molecule has 2 aliphatic rings. The number of carbonyl (C=O) groups is 3. The van der Waals surface area contributed by atoms with E-state index in [1.807, 2.05) is 13.8 Å². The Bertz CT molecular complexity index is 517. The Morgan fingerprint density at radius 3 is 2.37 bits per heavy atom. The van der Waals surface area contributed by atoms with Gasteiger partial charge in [-0.1, -0.05) is 6.92 Å². The number of hydrogen-bond acceptors (Lipinski definition) is 5. The van der Waals surface area contributed by atoms with Crippen LogP contribution < -0.4 is 11.1 Å². The molecule has 8 nitrogen and oxygen atoms in total. The zero-order valence-electron chi connectivity index (χ0n) is 16.8. The molecule has 8 heteroatoms. The van der Waals surface area contributed by atoms with Crippen LogP contribution in [-0.2, 0) is 14.4 Å². The highest BCUT2D eigenvalue weighted by molar-refractivity contribution is 5.89. The third-order valence-electron chi connectivity index (χ3n) is 5.46. The number of nitrogens with zero attached hydrogens (tertiary/aromatic N) is 3. The molecule has 1 aliphatic carbocycles. The Morgan fingerprint density at radius 2 is 1.81 bits per heavy atom. The van der Waals surface area contributed by atoms with Crippen LogP contribution in [0.2, 0.25) is 0 Å². The van der Waals surface area contributed by atoms with Crippen molar-refractivity contribution >= 4 is 17.7 Å². The topological polar surface area (TPSA) is 99.0 Å². The number of likely N-dealkylation sites (tertiary alicyclic amines) is 1. The van der Waals surface area contributed by atoms with Crippen LogP contribution in [0.3, 0.4) is 0 Å². The normalized spacial score (nSPS) is 18.3. The summed E-state index contributed by atoms with van der Waals surface area (Å²) in [7, 11) is 0. The average molecular weight is 382 g/mol. The first kappa shape index (κ1) is 21.6. The molecule has 1 saturated heterocycles. The fourth-order valence-electron chi connectivity index (χ4n) is 3.46. The van der Waals surface area contributed by atoms with E-state index in [1.165, 1.54) is 17.7 Å². The summed E-state index contributed by atoms with van der Waals surface area (Å²) in [5.41, 5.74) is 5.29. The summed E-state index contributed by atoms with van der Waals surface area (Å²) in [5, 5.41) is 3.21. The second kappa shape index (κ2) is 10.6. The van der Waals surface area contributed by atoms with Gasteiger partial charge in [0.15, 0.2) is 0 Å². The van der Waals surface area contributed by atoms with Crippen molar-refractivity contribution in [3.63, 3.8) is 0 Å². The van der Waals surface area contributed by atoms with E-state index < -0.39 is 5.91 Å². The molecule has 1 heterocycles. The summed E-state index contributed by atoms with van der Waals surface area (Å²) < 4.78 is 0. The van der Waals surface area contributed by atoms with Gasteiger partial charge in [0.05, 0.1) is 13.1 Å². The van der Waals surface area contributed by atoms with Gasteiger partial charge in [0.25, 0.3) is 0 Å². The van der Waals surface area contributed by atoms with E-state index in [4.69, 9.17) is 5.73 Å². The minimum atomic E-state index is -0.531. The van der Waals surface area contributed by atoms with Crippen molar-refractivity contribution in [2.45, 2.75) is 58.0 Å². The second-order valence-corrected chi connectivity index (χ2v) is 7.72. The predicted molar refractivity (Wildman–Crippen MR) is 104 cm³/mol. The Kier molecular flexibility index (Phi) is 8.50. The van der Waals surface area contributed by atoms with Crippen molar-refractivity contribution in [2.24, 2.45) is 5.73 Å². The first-order valence-corrected chi connectivity index (χ1v) is 10.2. The van der Waals surface area contributed by atoms with E-state index in [0.717, 1.165) is 45.4 Å². The monoisotopic (exact) mass is 381 g/mol. The number of rotatable bonds is 12. The zero-order valence-corrected chi connectivity index (χ0v) is 16.8. The highest BCUT2D eigenvalue weighted by Crippen LogP contribution is 2.27. The molecule has 0 radical (unpaired) electrons. The maximum atomic E-state index is 12.7. The average Bonchev–Trinajstić information content (AvgIpc) is 3.35. The van der Waals surface area contributed by atoms with Crippen molar-refractivity contribution < 1.29 is 14.4 Å². The highest BCUT2D eigenvalue weighted by atomic mass is 16.2. The molecule has 0 spiro atoms. The van der Waals surface area contributed by atoms with Crippen molar-refractivity contribution in [1.82, 2.24) is 20.0 Å². The van der Waals surface area contributed by atoms with Crippen molar-refractivity contribution in [3.05, 3.63) is 0 Å². The molecule has 3 N–H and O–H groups in total. The summed E-state index contributed by atoms with van der Waals surface area (Å²) in [5.74, 6) is -0.785. The molecule has 2 rings (SSSR count). The van der Waals surface area contributed by atoms with Gasteiger partial charge in [0.1, 0.15) is 6.54 Å². The number of nitrogens with two attached hydrogens (primary N) is 1. The second-order valence-electron chi connectivity index (χ2n) is 7.72. The Hall–Kier alpha value is -1.67. The van der Waals surface area contributed by atoms with Crippen LogP contribution in [0, 0.1) is 0 Å². The van der Waals surface area contributed by atoms with Crippen LogP contribution in [0.4, 0.5) is 0 Å². The minimum absolute atomic E-state index is 0.0227. The van der Waals surface area contributed by atoms with Gasteiger partial charge in [-0.25, -0.2) is 0 Å². The van der Waals surface area contributed by atoms with Gasteiger partial charge in [0, 0.05) is 25.2 Å². The molecule has 0 bridgehead atoms. The molecule has 154 valence electrons. The first-order valence-electron chi connectivity index (χ1n) is 10.2. The molecule has 3 amide bonds. The lowest BCUT2D eigenvalue weighted by Gasteiger charge is -2.31. The van der Waals surface area contributed by atoms with Gasteiger partial charge in [-0.3, -0.25) is 14.4 Å².